The van der Waals surface area contributed by atoms with Gasteiger partial charge in [0.2, 0.25) is 5.95 Å². The van der Waals surface area contributed by atoms with E-state index in [1.807, 2.05) is 12.1 Å². The highest BCUT2D eigenvalue weighted by atomic mass is 15.3. The number of imidazole rings is 1. The smallest absolute Gasteiger partial charge is 0.226 e. The van der Waals surface area contributed by atoms with Gasteiger partial charge in [0.05, 0.1) is 5.56 Å². The Bertz CT molecular complexity index is 1720. The number of rotatable bonds is 6. The fourth-order valence-corrected chi connectivity index (χ4v) is 5.29. The van der Waals surface area contributed by atoms with Crippen LogP contribution in [0.5, 0.6) is 0 Å². The van der Waals surface area contributed by atoms with Gasteiger partial charge in [0.25, 0.3) is 0 Å². The third-order valence-electron chi connectivity index (χ3n) is 7.61. The summed E-state index contributed by atoms with van der Waals surface area (Å²) in [6.07, 6.45) is 5.73. The van der Waals surface area contributed by atoms with Gasteiger partial charge in [-0.15, -0.1) is 0 Å². The van der Waals surface area contributed by atoms with Gasteiger partial charge in [0.1, 0.15) is 23.1 Å². The van der Waals surface area contributed by atoms with E-state index in [1.165, 1.54) is 18.4 Å². The summed E-state index contributed by atoms with van der Waals surface area (Å²) in [5.41, 5.74) is 12.5. The van der Waals surface area contributed by atoms with Gasteiger partial charge in [-0.2, -0.15) is 5.26 Å². The van der Waals surface area contributed by atoms with Gasteiger partial charge in [0.15, 0.2) is 11.5 Å². The van der Waals surface area contributed by atoms with Crippen molar-refractivity contribution in [1.29, 1.82) is 5.26 Å². The molecule has 0 amide bonds. The molecule has 1 aliphatic heterocycles. The fraction of sp³-hybridized carbons (Fsp3) is 0.267. The molecule has 1 saturated heterocycles. The lowest BCUT2D eigenvalue weighted by Crippen LogP contribution is -2.46. The second kappa shape index (κ2) is 10.0. The summed E-state index contributed by atoms with van der Waals surface area (Å²) >= 11 is 0. The SMILES string of the molecule is N#Cc1ccnc(N2CCN(Cc3ccc(-n4c(-c5cccnc5N)nc5ccc(C6CC6)nc54)cc3)CC2)n1. The topological polar surface area (TPSA) is 126 Å². The molecule has 2 aliphatic rings. The number of anilines is 2. The van der Waals surface area contributed by atoms with E-state index in [2.05, 4.69) is 71.8 Å². The van der Waals surface area contributed by atoms with Crippen molar-refractivity contribution in [2.45, 2.75) is 25.3 Å². The lowest BCUT2D eigenvalue weighted by Gasteiger charge is -2.34. The van der Waals surface area contributed by atoms with Gasteiger partial charge in [-0.25, -0.2) is 24.9 Å². The fourth-order valence-electron chi connectivity index (χ4n) is 5.29. The molecule has 2 N–H and O–H groups in total. The number of aromatic nitrogens is 6. The van der Waals surface area contributed by atoms with Crippen molar-refractivity contribution in [3.8, 4) is 23.1 Å². The molecule has 10 heteroatoms. The zero-order valence-electron chi connectivity index (χ0n) is 22.0. The van der Waals surface area contributed by atoms with Crippen molar-refractivity contribution in [2.24, 2.45) is 0 Å². The van der Waals surface area contributed by atoms with Gasteiger partial charge in [-0.1, -0.05) is 12.1 Å². The van der Waals surface area contributed by atoms with Crippen LogP contribution in [0.1, 0.15) is 35.7 Å². The Morgan fingerprint density at radius 2 is 1.70 bits per heavy atom. The Kier molecular flexibility index (Phi) is 6.06. The number of piperazine rings is 1. The van der Waals surface area contributed by atoms with Crippen molar-refractivity contribution in [3.63, 3.8) is 0 Å². The van der Waals surface area contributed by atoms with E-state index in [-0.39, 0.29) is 0 Å². The first-order chi connectivity index (χ1) is 19.7. The van der Waals surface area contributed by atoms with E-state index in [0.29, 0.717) is 23.4 Å². The van der Waals surface area contributed by atoms with Crippen LogP contribution in [0.3, 0.4) is 0 Å². The van der Waals surface area contributed by atoms with E-state index < -0.39 is 0 Å². The van der Waals surface area contributed by atoms with Crippen LogP contribution in [0.15, 0.2) is 67.0 Å². The maximum Gasteiger partial charge on any atom is 0.226 e. The predicted octanol–water partition coefficient (Wildman–Crippen LogP) is 3.93. The van der Waals surface area contributed by atoms with Crippen molar-refractivity contribution in [1.82, 2.24) is 34.4 Å². The first-order valence-electron chi connectivity index (χ1n) is 13.6. The number of benzene rings is 1. The second-order valence-electron chi connectivity index (χ2n) is 10.3. The first kappa shape index (κ1) is 24.2. The van der Waals surface area contributed by atoms with Gasteiger partial charge in [-0.05, 0) is 60.9 Å². The summed E-state index contributed by atoms with van der Waals surface area (Å²) in [6, 6.07) is 20.3. The summed E-state index contributed by atoms with van der Waals surface area (Å²) in [4.78, 5) is 27.5. The number of fused-ring (bicyclic) bond motifs is 1. The van der Waals surface area contributed by atoms with Crippen LogP contribution in [-0.2, 0) is 6.54 Å². The molecule has 4 aromatic heterocycles. The Balaban J connectivity index is 1.13. The van der Waals surface area contributed by atoms with Crippen molar-refractivity contribution in [3.05, 3.63) is 83.9 Å². The second-order valence-corrected chi connectivity index (χ2v) is 10.3. The van der Waals surface area contributed by atoms with Gasteiger partial charge in [-0.3, -0.25) is 9.47 Å². The average Bonchev–Trinajstić information content (AvgIpc) is 3.79. The zero-order valence-corrected chi connectivity index (χ0v) is 22.0. The third kappa shape index (κ3) is 4.61. The quantitative estimate of drug-likeness (QED) is 0.349. The van der Waals surface area contributed by atoms with E-state index in [0.717, 1.165) is 66.7 Å². The first-order valence-corrected chi connectivity index (χ1v) is 13.6. The van der Waals surface area contributed by atoms with E-state index in [4.69, 9.17) is 21.0 Å². The molecule has 198 valence electrons. The van der Waals surface area contributed by atoms with Crippen LogP contribution in [-0.4, -0.2) is 60.6 Å². The highest BCUT2D eigenvalue weighted by molar-refractivity contribution is 5.83. The lowest BCUT2D eigenvalue weighted by atomic mass is 10.1. The van der Waals surface area contributed by atoms with Crippen molar-refractivity contribution in [2.75, 3.05) is 36.8 Å². The standard InChI is InChI=1S/C30H28N10/c31-18-22-11-13-34-30(35-22)39-16-14-38(15-17-39)19-20-3-7-23(8-4-20)40-28(24-2-1-12-33-27(24)32)37-26-10-9-25(21-5-6-21)36-29(26)40/h1-4,7-13,21H,5-6,14-17,19H2,(H2,32,33). The van der Waals surface area contributed by atoms with E-state index in [9.17, 15) is 0 Å². The number of pyridine rings is 2. The predicted molar refractivity (Wildman–Crippen MR) is 153 cm³/mol. The number of nitriles is 1. The molecular weight excluding hydrogens is 500 g/mol. The van der Waals surface area contributed by atoms with Crippen LogP contribution in [0.2, 0.25) is 0 Å². The lowest BCUT2D eigenvalue weighted by molar-refractivity contribution is 0.248. The minimum absolute atomic E-state index is 0.395. The molecule has 0 spiro atoms. The minimum Gasteiger partial charge on any atom is -0.383 e. The molecule has 1 aromatic carbocycles. The largest absolute Gasteiger partial charge is 0.383 e. The van der Waals surface area contributed by atoms with Gasteiger partial charge in [0, 0.05) is 62.4 Å². The van der Waals surface area contributed by atoms with Crippen LogP contribution in [0.25, 0.3) is 28.2 Å². The van der Waals surface area contributed by atoms with Crippen LogP contribution >= 0.6 is 0 Å². The highest BCUT2D eigenvalue weighted by Gasteiger charge is 2.27. The summed E-state index contributed by atoms with van der Waals surface area (Å²) in [7, 11) is 0. The summed E-state index contributed by atoms with van der Waals surface area (Å²) in [5.74, 6) is 2.36. The normalized spacial score (nSPS) is 15.8. The molecular formula is C30H28N10. The Hall–Kier alpha value is -4.88. The number of nitrogens with two attached hydrogens (primary N) is 1. The van der Waals surface area contributed by atoms with Crippen LogP contribution in [0, 0.1) is 11.3 Å². The molecule has 5 heterocycles. The molecule has 0 radical (unpaired) electrons. The molecule has 0 unspecified atom stereocenters. The summed E-state index contributed by atoms with van der Waals surface area (Å²) < 4.78 is 2.10. The number of nitrogen functional groups attached to an aromatic ring is 1. The Morgan fingerprint density at radius 1 is 0.875 bits per heavy atom. The molecule has 5 aromatic rings. The molecule has 0 atom stereocenters. The van der Waals surface area contributed by atoms with Crippen molar-refractivity contribution < 1.29 is 0 Å². The van der Waals surface area contributed by atoms with Gasteiger partial charge < -0.3 is 10.6 Å². The maximum absolute atomic E-state index is 9.14. The molecule has 1 saturated carbocycles. The maximum atomic E-state index is 9.14. The number of hydrogen-bond donors (Lipinski definition) is 1. The van der Waals surface area contributed by atoms with E-state index in [1.54, 1.807) is 18.5 Å². The Morgan fingerprint density at radius 3 is 2.45 bits per heavy atom. The molecule has 10 nitrogen and oxygen atoms in total. The molecule has 2 fully saturated rings. The minimum atomic E-state index is 0.395. The monoisotopic (exact) mass is 528 g/mol. The number of hydrogen-bond acceptors (Lipinski definition) is 9. The molecule has 1 aliphatic carbocycles. The highest BCUT2D eigenvalue weighted by Crippen LogP contribution is 2.40. The Labute approximate surface area is 231 Å². The van der Waals surface area contributed by atoms with Crippen molar-refractivity contribution >= 4 is 22.9 Å². The van der Waals surface area contributed by atoms with Gasteiger partial charge >= 0.3 is 0 Å². The zero-order chi connectivity index (χ0) is 27.1. The van der Waals surface area contributed by atoms with Crippen LogP contribution < -0.4 is 10.6 Å². The third-order valence-corrected chi connectivity index (χ3v) is 7.61. The summed E-state index contributed by atoms with van der Waals surface area (Å²) in [5, 5.41) is 9.14. The molecule has 7 rings (SSSR count). The average molecular weight is 529 g/mol. The van der Waals surface area contributed by atoms with E-state index >= 15 is 0 Å². The van der Waals surface area contributed by atoms with Crippen LogP contribution in [0.4, 0.5) is 11.8 Å². The molecule has 0 bridgehead atoms. The summed E-state index contributed by atoms with van der Waals surface area (Å²) in [6.45, 7) is 4.28. The molecule has 40 heavy (non-hydrogen) atoms. The number of nitrogens with zero attached hydrogens (tertiary/aromatic N) is 9.